The van der Waals surface area contributed by atoms with Gasteiger partial charge >= 0.3 is 0 Å². The highest BCUT2D eigenvalue weighted by molar-refractivity contribution is 9.10. The molecule has 22 heavy (non-hydrogen) atoms. The van der Waals surface area contributed by atoms with Gasteiger partial charge in [-0.3, -0.25) is 4.79 Å². The van der Waals surface area contributed by atoms with Crippen LogP contribution in [0.5, 0.6) is 0 Å². The van der Waals surface area contributed by atoms with Crippen LogP contribution in [0.2, 0.25) is 0 Å². The van der Waals surface area contributed by atoms with E-state index in [0.29, 0.717) is 27.0 Å². The maximum atomic E-state index is 12.8. The third-order valence-electron chi connectivity index (χ3n) is 3.72. The number of aliphatic imine (C=N–C) groups is 1. The maximum Gasteiger partial charge on any atom is 0.264 e. The van der Waals surface area contributed by atoms with E-state index in [4.69, 9.17) is 11.0 Å². The van der Waals surface area contributed by atoms with Crippen molar-refractivity contribution in [2.45, 2.75) is 5.54 Å². The molecule has 0 bridgehead atoms. The van der Waals surface area contributed by atoms with E-state index < -0.39 is 5.54 Å². The largest absolute Gasteiger partial charge is 0.397 e. The number of halogens is 1. The molecule has 1 aromatic carbocycles. The fourth-order valence-corrected chi connectivity index (χ4v) is 2.96. The van der Waals surface area contributed by atoms with E-state index in [1.165, 1.54) is 11.2 Å². The Bertz CT molecular complexity index is 835. The van der Waals surface area contributed by atoms with Crippen LogP contribution < -0.4 is 5.73 Å². The van der Waals surface area contributed by atoms with Gasteiger partial charge in [0.2, 0.25) is 0 Å². The van der Waals surface area contributed by atoms with Gasteiger partial charge in [-0.25, -0.2) is 4.99 Å². The first kappa shape index (κ1) is 14.4. The summed E-state index contributed by atoms with van der Waals surface area (Å²) in [6, 6.07) is 9.01. The Balaban J connectivity index is 2.30. The standard InChI is InChI=1S/C15H12BrN5O/c1-21-8-20-15(14(21)22,9-5-10(6-17)19-7-9)11-3-2-4-12(16)13(11)18/h2-5,7-8,19H,18H2,1H3. The van der Waals surface area contributed by atoms with Gasteiger partial charge < -0.3 is 15.6 Å². The number of carbonyl (C=O) groups is 1. The molecule has 0 spiro atoms. The SMILES string of the molecule is CN1C=NC(c2c[nH]c(C#N)c2)(c2cccc(Br)c2N)C1=O. The molecule has 7 heteroatoms. The number of nitrogen functional groups attached to an aromatic ring is 1. The minimum Gasteiger partial charge on any atom is -0.397 e. The van der Waals surface area contributed by atoms with Crippen LogP contribution in [0.15, 0.2) is 39.9 Å². The number of hydrogen-bond acceptors (Lipinski definition) is 4. The van der Waals surface area contributed by atoms with Crippen molar-refractivity contribution in [1.29, 1.82) is 5.26 Å². The number of H-pyrrole nitrogens is 1. The molecule has 1 atom stereocenters. The molecule has 0 fully saturated rings. The van der Waals surface area contributed by atoms with Crippen molar-refractivity contribution < 1.29 is 4.79 Å². The van der Waals surface area contributed by atoms with Gasteiger partial charge in [-0.2, -0.15) is 5.26 Å². The Kier molecular flexibility index (Phi) is 3.26. The second kappa shape index (κ2) is 5.00. The lowest BCUT2D eigenvalue weighted by Gasteiger charge is -2.26. The fraction of sp³-hybridized carbons (Fsp3) is 0.133. The summed E-state index contributed by atoms with van der Waals surface area (Å²) < 4.78 is 0.693. The van der Waals surface area contributed by atoms with E-state index in [0.717, 1.165) is 0 Å². The first-order chi connectivity index (χ1) is 10.5. The summed E-state index contributed by atoms with van der Waals surface area (Å²) in [4.78, 5) is 21.5. The van der Waals surface area contributed by atoms with Crippen molar-refractivity contribution in [3.8, 4) is 6.07 Å². The molecule has 3 N–H and O–H groups in total. The highest BCUT2D eigenvalue weighted by Crippen LogP contribution is 2.42. The average Bonchev–Trinajstić information content (AvgIpc) is 3.10. The van der Waals surface area contributed by atoms with Gasteiger partial charge in [0.15, 0.2) is 5.54 Å². The molecule has 0 saturated carbocycles. The zero-order valence-electron chi connectivity index (χ0n) is 11.7. The molecule has 2 heterocycles. The number of hydrogen-bond donors (Lipinski definition) is 2. The van der Waals surface area contributed by atoms with E-state index in [1.807, 2.05) is 6.07 Å². The smallest absolute Gasteiger partial charge is 0.264 e. The van der Waals surface area contributed by atoms with E-state index >= 15 is 0 Å². The number of nitrogens with two attached hydrogens (primary N) is 1. The molecular weight excluding hydrogens is 346 g/mol. The Hall–Kier alpha value is -2.59. The van der Waals surface area contributed by atoms with Gasteiger partial charge in [-0.15, -0.1) is 0 Å². The Labute approximate surface area is 135 Å². The second-order valence-electron chi connectivity index (χ2n) is 4.99. The zero-order chi connectivity index (χ0) is 15.9. The van der Waals surface area contributed by atoms with Crippen molar-refractivity contribution in [2.24, 2.45) is 4.99 Å². The number of anilines is 1. The molecule has 1 aliphatic heterocycles. The molecule has 1 aliphatic rings. The number of benzene rings is 1. The van der Waals surface area contributed by atoms with Crippen LogP contribution in [-0.4, -0.2) is 29.2 Å². The van der Waals surface area contributed by atoms with Gasteiger partial charge in [-0.05, 0) is 28.1 Å². The van der Waals surface area contributed by atoms with Crippen LogP contribution >= 0.6 is 15.9 Å². The van der Waals surface area contributed by atoms with Crippen LogP contribution in [0.1, 0.15) is 16.8 Å². The van der Waals surface area contributed by atoms with Gasteiger partial charge in [0.25, 0.3) is 5.91 Å². The van der Waals surface area contributed by atoms with E-state index in [9.17, 15) is 4.79 Å². The number of nitriles is 1. The maximum absolute atomic E-state index is 12.8. The third kappa shape index (κ3) is 1.84. The summed E-state index contributed by atoms with van der Waals surface area (Å²) in [5, 5.41) is 9.02. The Morgan fingerprint density at radius 3 is 2.86 bits per heavy atom. The van der Waals surface area contributed by atoms with E-state index in [-0.39, 0.29) is 5.91 Å². The van der Waals surface area contributed by atoms with Crippen molar-refractivity contribution in [2.75, 3.05) is 12.8 Å². The number of rotatable bonds is 2. The quantitative estimate of drug-likeness (QED) is 0.803. The molecule has 1 unspecified atom stereocenters. The molecule has 0 aliphatic carbocycles. The molecule has 6 nitrogen and oxygen atoms in total. The van der Waals surface area contributed by atoms with Crippen molar-refractivity contribution in [3.63, 3.8) is 0 Å². The van der Waals surface area contributed by atoms with Crippen molar-refractivity contribution >= 4 is 33.9 Å². The van der Waals surface area contributed by atoms with Gasteiger partial charge in [0.05, 0.1) is 12.0 Å². The summed E-state index contributed by atoms with van der Waals surface area (Å²) in [6.45, 7) is 0. The monoisotopic (exact) mass is 357 g/mol. The predicted molar refractivity (Wildman–Crippen MR) is 86.1 cm³/mol. The number of aromatic amines is 1. The highest BCUT2D eigenvalue weighted by Gasteiger charge is 2.48. The van der Waals surface area contributed by atoms with Crippen molar-refractivity contribution in [3.05, 3.63) is 51.8 Å². The molecule has 1 aromatic heterocycles. The number of carbonyl (C=O) groups excluding carboxylic acids is 1. The molecule has 0 radical (unpaired) electrons. The number of nitrogens with zero attached hydrogens (tertiary/aromatic N) is 3. The molecule has 110 valence electrons. The second-order valence-corrected chi connectivity index (χ2v) is 5.84. The van der Waals surface area contributed by atoms with Gasteiger partial charge in [0.1, 0.15) is 11.8 Å². The van der Waals surface area contributed by atoms with E-state index in [1.54, 1.807) is 37.5 Å². The topological polar surface area (TPSA) is 98.3 Å². The van der Waals surface area contributed by atoms with Gasteiger partial charge in [0, 0.05) is 28.8 Å². The van der Waals surface area contributed by atoms with Crippen molar-refractivity contribution in [1.82, 2.24) is 9.88 Å². The first-order valence-electron chi connectivity index (χ1n) is 6.46. The number of aromatic nitrogens is 1. The lowest BCUT2D eigenvalue weighted by Crippen LogP contribution is -2.38. The molecular formula is C15H12BrN5O. The summed E-state index contributed by atoms with van der Waals surface area (Å²) in [6.07, 6.45) is 3.09. The van der Waals surface area contributed by atoms with Crippen LogP contribution in [0.25, 0.3) is 0 Å². The highest BCUT2D eigenvalue weighted by atomic mass is 79.9. The number of para-hydroxylation sites is 1. The third-order valence-corrected chi connectivity index (χ3v) is 4.41. The number of nitrogens with one attached hydrogen (secondary N) is 1. The van der Waals surface area contributed by atoms with Crippen LogP contribution in [-0.2, 0) is 10.3 Å². The van der Waals surface area contributed by atoms with E-state index in [2.05, 4.69) is 25.9 Å². The van der Waals surface area contributed by atoms with Gasteiger partial charge in [-0.1, -0.05) is 12.1 Å². The Morgan fingerprint density at radius 2 is 2.27 bits per heavy atom. The Morgan fingerprint density at radius 1 is 1.50 bits per heavy atom. The normalized spacial score (nSPS) is 20.4. The molecule has 2 aromatic rings. The minimum absolute atomic E-state index is 0.221. The molecule has 0 saturated heterocycles. The summed E-state index contributed by atoms with van der Waals surface area (Å²) in [7, 11) is 1.64. The number of amides is 1. The minimum atomic E-state index is -1.27. The van der Waals surface area contributed by atoms with Crippen LogP contribution in [0.4, 0.5) is 5.69 Å². The van der Waals surface area contributed by atoms with Crippen LogP contribution in [0, 0.1) is 11.3 Å². The predicted octanol–water partition coefficient (Wildman–Crippen LogP) is 1.97. The summed E-state index contributed by atoms with van der Waals surface area (Å²) >= 11 is 3.38. The average molecular weight is 358 g/mol. The zero-order valence-corrected chi connectivity index (χ0v) is 13.3. The number of likely N-dealkylation sites (N-methyl/N-ethyl adjacent to an activating group) is 1. The lowest BCUT2D eigenvalue weighted by atomic mass is 9.83. The molecule has 1 amide bonds. The summed E-state index contributed by atoms with van der Waals surface area (Å²) in [5.74, 6) is -0.221. The lowest BCUT2D eigenvalue weighted by molar-refractivity contribution is -0.129. The molecule has 3 rings (SSSR count). The fourth-order valence-electron chi connectivity index (χ4n) is 2.59. The first-order valence-corrected chi connectivity index (χ1v) is 7.26. The van der Waals surface area contributed by atoms with Crippen LogP contribution in [0.3, 0.4) is 0 Å². The summed E-state index contributed by atoms with van der Waals surface area (Å²) in [5.41, 5.74) is 6.87.